The molecule has 0 unspecified atom stereocenters. The average molecular weight is 254 g/mol. The molecule has 0 radical (unpaired) electrons. The maximum atomic E-state index is 10.4. The quantitative estimate of drug-likeness (QED) is 0.453. The van der Waals surface area contributed by atoms with E-state index in [0.29, 0.717) is 18.1 Å². The van der Waals surface area contributed by atoms with Crippen molar-refractivity contribution in [1.29, 1.82) is 0 Å². The molecule has 0 aromatic carbocycles. The van der Waals surface area contributed by atoms with Crippen LogP contribution in [0.15, 0.2) is 18.5 Å². The first kappa shape index (κ1) is 13.3. The predicted octanol–water partition coefficient (Wildman–Crippen LogP) is -0.370. The zero-order valence-electron chi connectivity index (χ0n) is 9.18. The highest BCUT2D eigenvalue weighted by atomic mass is 32.1. The van der Waals surface area contributed by atoms with Crippen molar-refractivity contribution in [2.24, 2.45) is 11.5 Å². The molecule has 92 valence electrons. The predicted molar refractivity (Wildman–Crippen MR) is 68.6 cm³/mol. The van der Waals surface area contributed by atoms with E-state index >= 15 is 0 Å². The Kier molecular flexibility index (Phi) is 5.31. The van der Waals surface area contributed by atoms with Crippen molar-refractivity contribution < 1.29 is 9.53 Å². The summed E-state index contributed by atoms with van der Waals surface area (Å²) in [7, 11) is 0. The number of carbonyl (C=O) groups excluding carboxylic acids is 1. The number of anilines is 1. The summed E-state index contributed by atoms with van der Waals surface area (Å²) in [6.45, 7) is 0.778. The summed E-state index contributed by atoms with van der Waals surface area (Å²) < 4.78 is 5.00. The van der Waals surface area contributed by atoms with Gasteiger partial charge in [0, 0.05) is 18.3 Å². The van der Waals surface area contributed by atoms with Crippen LogP contribution in [0.3, 0.4) is 0 Å². The Morgan fingerprint density at radius 3 is 2.94 bits per heavy atom. The number of hydrogen-bond donors (Lipinski definition) is 3. The fraction of sp³-hybridized carbons (Fsp3) is 0.300. The van der Waals surface area contributed by atoms with E-state index in [0.717, 1.165) is 11.3 Å². The number of primary amides is 1. The molecule has 0 aliphatic heterocycles. The lowest BCUT2D eigenvalue weighted by molar-refractivity contribution is -0.122. The first-order valence-electron chi connectivity index (χ1n) is 4.95. The Hall–Kier alpha value is -1.73. The molecule has 1 rings (SSSR count). The van der Waals surface area contributed by atoms with E-state index in [4.69, 9.17) is 28.4 Å². The average Bonchev–Trinajstić information content (AvgIpc) is 2.28. The summed E-state index contributed by atoms with van der Waals surface area (Å²) >= 11 is 4.90. The number of thiocarbonyl (C=S) groups is 1. The maximum absolute atomic E-state index is 10.4. The summed E-state index contributed by atoms with van der Waals surface area (Å²) in [5.74, 6) is -0.491. The van der Waals surface area contributed by atoms with Crippen LogP contribution < -0.4 is 16.8 Å². The van der Waals surface area contributed by atoms with Gasteiger partial charge in [0.05, 0.1) is 18.5 Å². The topological polar surface area (TPSA) is 103 Å². The van der Waals surface area contributed by atoms with Crippen LogP contribution in [-0.2, 0) is 9.53 Å². The molecule has 1 aromatic rings. The van der Waals surface area contributed by atoms with Gasteiger partial charge in [-0.1, -0.05) is 12.2 Å². The zero-order chi connectivity index (χ0) is 12.7. The first-order valence-corrected chi connectivity index (χ1v) is 5.36. The third-order valence-electron chi connectivity index (χ3n) is 1.89. The maximum Gasteiger partial charge on any atom is 0.243 e. The summed E-state index contributed by atoms with van der Waals surface area (Å²) in [5.41, 5.74) is 11.9. The second-order valence-corrected chi connectivity index (χ2v) is 3.67. The second-order valence-electron chi connectivity index (χ2n) is 3.23. The molecule has 0 spiro atoms. The first-order chi connectivity index (χ1) is 8.11. The molecular weight excluding hydrogens is 240 g/mol. The van der Waals surface area contributed by atoms with Crippen molar-refractivity contribution >= 4 is 28.8 Å². The molecule has 6 nitrogen and oxygen atoms in total. The molecule has 0 saturated carbocycles. The number of amides is 1. The highest BCUT2D eigenvalue weighted by Gasteiger charge is 2.03. The highest BCUT2D eigenvalue weighted by molar-refractivity contribution is 7.80. The number of carbonyl (C=O) groups is 1. The van der Waals surface area contributed by atoms with E-state index in [1.54, 1.807) is 18.5 Å². The van der Waals surface area contributed by atoms with Gasteiger partial charge in [0.15, 0.2) is 0 Å². The zero-order valence-corrected chi connectivity index (χ0v) is 10.00. The number of nitrogens with one attached hydrogen (secondary N) is 1. The minimum Gasteiger partial charge on any atom is -0.389 e. The molecule has 5 N–H and O–H groups in total. The molecule has 1 amide bonds. The Bertz CT molecular complexity index is 411. The number of ether oxygens (including phenoxy) is 1. The fourth-order valence-corrected chi connectivity index (χ4v) is 1.36. The lowest BCUT2D eigenvalue weighted by Gasteiger charge is -2.10. The van der Waals surface area contributed by atoms with E-state index in [1.807, 2.05) is 0 Å². The van der Waals surface area contributed by atoms with Crippen molar-refractivity contribution in [2.45, 2.75) is 0 Å². The van der Waals surface area contributed by atoms with Crippen molar-refractivity contribution in [1.82, 2.24) is 4.98 Å². The summed E-state index contributed by atoms with van der Waals surface area (Å²) in [6.07, 6.45) is 3.24. The molecule has 0 atom stereocenters. The molecule has 1 heterocycles. The van der Waals surface area contributed by atoms with Gasteiger partial charge < -0.3 is 21.5 Å². The Morgan fingerprint density at radius 1 is 1.53 bits per heavy atom. The van der Waals surface area contributed by atoms with Crippen LogP contribution in [0, 0.1) is 0 Å². The summed E-state index contributed by atoms with van der Waals surface area (Å²) in [6, 6.07) is 1.73. The Labute approximate surface area is 104 Å². The molecule has 7 heteroatoms. The van der Waals surface area contributed by atoms with Gasteiger partial charge >= 0.3 is 0 Å². The van der Waals surface area contributed by atoms with Crippen molar-refractivity contribution in [3.8, 4) is 0 Å². The number of pyridine rings is 1. The second kappa shape index (κ2) is 6.77. The third kappa shape index (κ3) is 4.75. The molecular formula is C10H14N4O2S. The number of rotatable bonds is 7. The monoisotopic (exact) mass is 254 g/mol. The van der Waals surface area contributed by atoms with Gasteiger partial charge in [0.2, 0.25) is 5.91 Å². The fourth-order valence-electron chi connectivity index (χ4n) is 1.18. The molecule has 17 heavy (non-hydrogen) atoms. The van der Waals surface area contributed by atoms with Gasteiger partial charge in [0.25, 0.3) is 0 Å². The van der Waals surface area contributed by atoms with Crippen LogP contribution in [0.25, 0.3) is 0 Å². The van der Waals surface area contributed by atoms with E-state index < -0.39 is 5.91 Å². The van der Waals surface area contributed by atoms with Crippen LogP contribution >= 0.6 is 12.2 Å². The van der Waals surface area contributed by atoms with Crippen molar-refractivity contribution in [3.05, 3.63) is 24.0 Å². The van der Waals surface area contributed by atoms with Gasteiger partial charge in [0.1, 0.15) is 11.6 Å². The minimum absolute atomic E-state index is 0.0864. The van der Waals surface area contributed by atoms with Crippen LogP contribution in [0.2, 0.25) is 0 Å². The molecule has 1 aromatic heterocycles. The van der Waals surface area contributed by atoms with Crippen molar-refractivity contribution in [2.75, 3.05) is 25.1 Å². The molecule has 0 aliphatic rings. The van der Waals surface area contributed by atoms with Gasteiger partial charge in [-0.15, -0.1) is 0 Å². The number of nitrogens with two attached hydrogens (primary N) is 2. The van der Waals surface area contributed by atoms with E-state index in [9.17, 15) is 4.79 Å². The standard InChI is InChI=1S/C10H14N4O2S/c11-9(15)6-16-4-3-14-8-5-13-2-1-7(8)10(12)17/h1-2,5,14H,3-4,6H2,(H2,11,15)(H2,12,17). The number of hydrogen-bond acceptors (Lipinski definition) is 5. The van der Waals surface area contributed by atoms with Gasteiger partial charge in [-0.25, -0.2) is 0 Å². The van der Waals surface area contributed by atoms with Crippen LogP contribution in [0.1, 0.15) is 5.56 Å². The SMILES string of the molecule is NC(=O)COCCNc1cnccc1C(N)=S. The van der Waals surface area contributed by atoms with Crippen LogP contribution in [0.4, 0.5) is 5.69 Å². The molecule has 0 fully saturated rings. The Balaban J connectivity index is 2.41. The summed E-state index contributed by atoms with van der Waals surface area (Å²) in [4.78, 5) is 14.7. The van der Waals surface area contributed by atoms with E-state index in [2.05, 4.69) is 10.3 Å². The molecule has 0 saturated heterocycles. The number of aromatic nitrogens is 1. The smallest absolute Gasteiger partial charge is 0.243 e. The van der Waals surface area contributed by atoms with Gasteiger partial charge in [-0.05, 0) is 6.07 Å². The summed E-state index contributed by atoms with van der Waals surface area (Å²) in [5, 5.41) is 3.06. The minimum atomic E-state index is -0.491. The lowest BCUT2D eigenvalue weighted by Crippen LogP contribution is -2.21. The molecule has 0 bridgehead atoms. The van der Waals surface area contributed by atoms with Crippen LogP contribution in [-0.4, -0.2) is 35.6 Å². The van der Waals surface area contributed by atoms with Crippen LogP contribution in [0.5, 0.6) is 0 Å². The van der Waals surface area contributed by atoms with Gasteiger partial charge in [-0.3, -0.25) is 9.78 Å². The van der Waals surface area contributed by atoms with E-state index in [-0.39, 0.29) is 6.61 Å². The largest absolute Gasteiger partial charge is 0.389 e. The normalized spacial score (nSPS) is 9.88. The Morgan fingerprint density at radius 2 is 2.29 bits per heavy atom. The van der Waals surface area contributed by atoms with Gasteiger partial charge in [-0.2, -0.15) is 0 Å². The highest BCUT2D eigenvalue weighted by Crippen LogP contribution is 2.12. The molecule has 0 aliphatic carbocycles. The third-order valence-corrected chi connectivity index (χ3v) is 2.11. The lowest BCUT2D eigenvalue weighted by atomic mass is 10.2. The van der Waals surface area contributed by atoms with Crippen molar-refractivity contribution in [3.63, 3.8) is 0 Å². The number of nitrogens with zero attached hydrogens (tertiary/aromatic N) is 1. The van der Waals surface area contributed by atoms with E-state index in [1.165, 1.54) is 0 Å².